The van der Waals surface area contributed by atoms with E-state index in [1.165, 1.54) is 6.07 Å². The summed E-state index contributed by atoms with van der Waals surface area (Å²) in [4.78, 5) is 0. The molecule has 1 aromatic rings. The number of nitrogens with zero attached hydrogens (tertiary/aromatic N) is 1. The van der Waals surface area contributed by atoms with Gasteiger partial charge in [-0.25, -0.2) is 9.92 Å². The number of nitrogens with one attached hydrogen (secondary N) is 1. The maximum Gasteiger partial charge on any atom is 0.129 e. The van der Waals surface area contributed by atoms with Crippen LogP contribution in [0.15, 0.2) is 27.8 Å². The first-order valence-corrected chi connectivity index (χ1v) is 4.79. The van der Waals surface area contributed by atoms with Crippen molar-refractivity contribution in [1.82, 2.24) is 0 Å². The van der Waals surface area contributed by atoms with Gasteiger partial charge < -0.3 is 0 Å². The molecule has 0 aliphatic rings. The molecular formula is C9H10BrFN2. The van der Waals surface area contributed by atoms with Gasteiger partial charge in [0.05, 0.1) is 6.04 Å². The second-order valence-electron chi connectivity index (χ2n) is 2.72. The van der Waals surface area contributed by atoms with Gasteiger partial charge in [-0.3, -0.25) is 0 Å². The van der Waals surface area contributed by atoms with Crippen LogP contribution < -0.4 is 0 Å². The number of hydrogen-bond acceptors (Lipinski definition) is 2. The Morgan fingerprint density at radius 3 is 2.77 bits per heavy atom. The fourth-order valence-corrected chi connectivity index (χ4v) is 1.49. The molecule has 0 saturated heterocycles. The Balaban J connectivity index is 3.06. The zero-order chi connectivity index (χ0) is 9.84. The van der Waals surface area contributed by atoms with Crippen molar-refractivity contribution in [1.29, 1.82) is 5.53 Å². The molecule has 0 aliphatic carbocycles. The van der Waals surface area contributed by atoms with Crippen molar-refractivity contribution >= 4 is 15.9 Å². The lowest BCUT2D eigenvalue weighted by Crippen LogP contribution is -1.96. The third-order valence-electron chi connectivity index (χ3n) is 1.86. The molecule has 0 bridgehead atoms. The van der Waals surface area contributed by atoms with Gasteiger partial charge in [0.2, 0.25) is 0 Å². The Labute approximate surface area is 84.8 Å². The van der Waals surface area contributed by atoms with E-state index in [0.29, 0.717) is 16.5 Å². The van der Waals surface area contributed by atoms with Gasteiger partial charge in [-0.15, -0.1) is 0 Å². The Kier molecular flexibility index (Phi) is 3.54. The van der Waals surface area contributed by atoms with Gasteiger partial charge in [0, 0.05) is 10.0 Å². The average molecular weight is 245 g/mol. The van der Waals surface area contributed by atoms with E-state index < -0.39 is 0 Å². The first kappa shape index (κ1) is 10.3. The number of hydrogen-bond donors (Lipinski definition) is 1. The van der Waals surface area contributed by atoms with Gasteiger partial charge in [0.1, 0.15) is 5.82 Å². The van der Waals surface area contributed by atoms with Crippen LogP contribution in [-0.4, -0.2) is 0 Å². The maximum absolute atomic E-state index is 13.3. The van der Waals surface area contributed by atoms with Gasteiger partial charge in [-0.1, -0.05) is 28.9 Å². The molecule has 0 amide bonds. The van der Waals surface area contributed by atoms with E-state index in [-0.39, 0.29) is 11.9 Å². The molecule has 1 atom stereocenters. The first-order chi connectivity index (χ1) is 6.19. The summed E-state index contributed by atoms with van der Waals surface area (Å²) in [5, 5.41) is 3.36. The molecule has 70 valence electrons. The van der Waals surface area contributed by atoms with Crippen LogP contribution in [0.4, 0.5) is 4.39 Å². The summed E-state index contributed by atoms with van der Waals surface area (Å²) in [6.45, 7) is 1.88. The Hall–Kier alpha value is -0.770. The monoisotopic (exact) mass is 244 g/mol. The molecule has 0 radical (unpaired) electrons. The summed E-state index contributed by atoms with van der Waals surface area (Å²) in [5.41, 5.74) is 7.38. The smallest absolute Gasteiger partial charge is 0.129 e. The average Bonchev–Trinajstić information content (AvgIpc) is 2.10. The molecule has 0 spiro atoms. The Bertz CT molecular complexity index is 314. The molecule has 1 N–H and O–H groups in total. The van der Waals surface area contributed by atoms with Crippen LogP contribution in [0.5, 0.6) is 0 Å². The largest absolute Gasteiger partial charge is 0.209 e. The fourth-order valence-electron chi connectivity index (χ4n) is 1.15. The summed E-state index contributed by atoms with van der Waals surface area (Å²) in [6, 6.07) is 4.45. The lowest BCUT2D eigenvalue weighted by molar-refractivity contribution is 0.559. The standard InChI is InChI=1S/C9H10BrFN2/c1-2-9(13-12)7-4-3-6(10)5-8(7)11/h3-5,9,12H,2H2,1H3. The van der Waals surface area contributed by atoms with Crippen LogP contribution in [-0.2, 0) is 0 Å². The lowest BCUT2D eigenvalue weighted by Gasteiger charge is -2.08. The third kappa shape index (κ3) is 2.34. The van der Waals surface area contributed by atoms with E-state index in [1.807, 2.05) is 6.92 Å². The molecule has 1 rings (SSSR count). The predicted octanol–water partition coefficient (Wildman–Crippen LogP) is 4.07. The molecule has 13 heavy (non-hydrogen) atoms. The van der Waals surface area contributed by atoms with Crippen LogP contribution in [0.3, 0.4) is 0 Å². The van der Waals surface area contributed by atoms with Crippen molar-refractivity contribution in [2.75, 3.05) is 0 Å². The lowest BCUT2D eigenvalue weighted by atomic mass is 10.1. The highest BCUT2D eigenvalue weighted by Crippen LogP contribution is 2.25. The minimum absolute atomic E-state index is 0.308. The minimum Gasteiger partial charge on any atom is -0.209 e. The summed E-state index contributed by atoms with van der Waals surface area (Å²) in [6.07, 6.45) is 0.641. The Morgan fingerprint density at radius 2 is 2.31 bits per heavy atom. The number of benzene rings is 1. The van der Waals surface area contributed by atoms with Gasteiger partial charge in [0.25, 0.3) is 0 Å². The van der Waals surface area contributed by atoms with Crippen molar-refractivity contribution in [2.24, 2.45) is 5.11 Å². The molecule has 0 saturated carbocycles. The van der Waals surface area contributed by atoms with E-state index in [4.69, 9.17) is 5.53 Å². The third-order valence-corrected chi connectivity index (χ3v) is 2.36. The normalized spacial score (nSPS) is 12.5. The van der Waals surface area contributed by atoms with E-state index in [0.717, 1.165) is 0 Å². The molecule has 4 heteroatoms. The fraction of sp³-hybridized carbons (Fsp3) is 0.333. The van der Waals surface area contributed by atoms with E-state index in [2.05, 4.69) is 21.0 Å². The molecular weight excluding hydrogens is 235 g/mol. The van der Waals surface area contributed by atoms with E-state index in [9.17, 15) is 4.39 Å². The molecule has 0 fully saturated rings. The summed E-state index contributed by atoms with van der Waals surface area (Å²) >= 11 is 3.17. The van der Waals surface area contributed by atoms with Crippen LogP contribution >= 0.6 is 15.9 Å². The maximum atomic E-state index is 13.3. The van der Waals surface area contributed by atoms with Crippen molar-refractivity contribution in [3.05, 3.63) is 34.1 Å². The number of rotatable bonds is 3. The summed E-state index contributed by atoms with van der Waals surface area (Å²) in [5.74, 6) is -0.308. The van der Waals surface area contributed by atoms with E-state index >= 15 is 0 Å². The molecule has 0 heterocycles. The van der Waals surface area contributed by atoms with Crippen LogP contribution in [0.25, 0.3) is 0 Å². The quantitative estimate of drug-likeness (QED) is 0.779. The van der Waals surface area contributed by atoms with Crippen molar-refractivity contribution in [3.63, 3.8) is 0 Å². The summed E-state index contributed by atoms with van der Waals surface area (Å²) < 4.78 is 14.0. The zero-order valence-electron chi connectivity index (χ0n) is 7.22. The zero-order valence-corrected chi connectivity index (χ0v) is 8.81. The highest BCUT2D eigenvalue weighted by atomic mass is 79.9. The van der Waals surface area contributed by atoms with Crippen molar-refractivity contribution in [3.8, 4) is 0 Å². The molecule has 0 aromatic heterocycles. The second kappa shape index (κ2) is 4.46. The molecule has 1 aromatic carbocycles. The van der Waals surface area contributed by atoms with Crippen LogP contribution in [0.1, 0.15) is 24.9 Å². The molecule has 1 unspecified atom stereocenters. The molecule has 2 nitrogen and oxygen atoms in total. The van der Waals surface area contributed by atoms with Crippen LogP contribution in [0.2, 0.25) is 0 Å². The second-order valence-corrected chi connectivity index (χ2v) is 3.63. The highest BCUT2D eigenvalue weighted by Gasteiger charge is 2.12. The summed E-state index contributed by atoms with van der Waals surface area (Å²) in [7, 11) is 0. The van der Waals surface area contributed by atoms with Crippen LogP contribution in [0, 0.1) is 11.3 Å². The molecule has 0 aliphatic heterocycles. The van der Waals surface area contributed by atoms with E-state index in [1.54, 1.807) is 12.1 Å². The topological polar surface area (TPSA) is 36.2 Å². The first-order valence-electron chi connectivity index (χ1n) is 4.00. The van der Waals surface area contributed by atoms with Gasteiger partial charge in [-0.2, -0.15) is 5.11 Å². The minimum atomic E-state index is -0.354. The highest BCUT2D eigenvalue weighted by molar-refractivity contribution is 9.10. The van der Waals surface area contributed by atoms with Gasteiger partial charge in [0.15, 0.2) is 0 Å². The SMILES string of the molecule is CCC(N=N)c1ccc(Br)cc1F. The van der Waals surface area contributed by atoms with Crippen molar-refractivity contribution in [2.45, 2.75) is 19.4 Å². The number of halogens is 2. The van der Waals surface area contributed by atoms with Gasteiger partial charge >= 0.3 is 0 Å². The van der Waals surface area contributed by atoms with Crippen molar-refractivity contribution < 1.29 is 4.39 Å². The van der Waals surface area contributed by atoms with Gasteiger partial charge in [-0.05, 0) is 18.6 Å². The Morgan fingerprint density at radius 1 is 1.62 bits per heavy atom. The predicted molar refractivity (Wildman–Crippen MR) is 52.3 cm³/mol.